The fourth-order valence-corrected chi connectivity index (χ4v) is 4.09. The van der Waals surface area contributed by atoms with Crippen LogP contribution in [0.5, 0.6) is 0 Å². The third kappa shape index (κ3) is 2.98. The van der Waals surface area contributed by atoms with Crippen molar-refractivity contribution < 1.29 is 0 Å². The Hall–Kier alpha value is -0.930. The molecule has 19 heavy (non-hydrogen) atoms. The highest BCUT2D eigenvalue weighted by atomic mass is 32.1. The minimum Gasteiger partial charge on any atom is -0.330 e. The van der Waals surface area contributed by atoms with Crippen LogP contribution in [0.2, 0.25) is 0 Å². The van der Waals surface area contributed by atoms with E-state index in [4.69, 9.17) is 10.7 Å². The Morgan fingerprint density at radius 2 is 2.05 bits per heavy atom. The number of rotatable bonds is 4. The molecule has 1 aliphatic rings. The van der Waals surface area contributed by atoms with Gasteiger partial charge in [-0.25, -0.2) is 4.98 Å². The van der Waals surface area contributed by atoms with Gasteiger partial charge in [0, 0.05) is 5.92 Å². The molecule has 1 aromatic heterocycles. The van der Waals surface area contributed by atoms with Gasteiger partial charge in [0.15, 0.2) is 0 Å². The Bertz CT molecular complexity index is 541. The Labute approximate surface area is 119 Å². The SMILES string of the molecule is NCCCc1ccc2sc(C3CCCCC3)nc2c1. The van der Waals surface area contributed by atoms with E-state index in [1.54, 1.807) is 0 Å². The molecule has 1 aliphatic carbocycles. The fourth-order valence-electron chi connectivity index (χ4n) is 2.98. The van der Waals surface area contributed by atoms with E-state index in [-0.39, 0.29) is 0 Å². The van der Waals surface area contributed by atoms with Gasteiger partial charge in [0.2, 0.25) is 0 Å². The molecule has 2 aromatic rings. The third-order valence-electron chi connectivity index (χ3n) is 4.09. The molecule has 1 saturated carbocycles. The van der Waals surface area contributed by atoms with E-state index < -0.39 is 0 Å². The van der Waals surface area contributed by atoms with Gasteiger partial charge in [0.1, 0.15) is 0 Å². The molecule has 0 saturated heterocycles. The third-order valence-corrected chi connectivity index (χ3v) is 5.29. The number of hydrogen-bond acceptors (Lipinski definition) is 3. The lowest BCUT2D eigenvalue weighted by molar-refractivity contribution is 0.443. The van der Waals surface area contributed by atoms with Crippen LogP contribution >= 0.6 is 11.3 Å². The largest absolute Gasteiger partial charge is 0.330 e. The molecule has 3 heteroatoms. The summed E-state index contributed by atoms with van der Waals surface area (Å²) in [7, 11) is 0. The molecule has 3 rings (SSSR count). The van der Waals surface area contributed by atoms with Crippen molar-refractivity contribution >= 4 is 21.6 Å². The molecule has 102 valence electrons. The molecule has 1 aromatic carbocycles. The second-order valence-corrected chi connectivity index (χ2v) is 6.64. The zero-order chi connectivity index (χ0) is 13.1. The van der Waals surface area contributed by atoms with Crippen LogP contribution in [0.1, 0.15) is 55.0 Å². The highest BCUT2D eigenvalue weighted by molar-refractivity contribution is 7.18. The number of benzene rings is 1. The Balaban J connectivity index is 1.83. The number of hydrogen-bond donors (Lipinski definition) is 1. The molecular formula is C16H22N2S. The highest BCUT2D eigenvalue weighted by Gasteiger charge is 2.19. The molecule has 1 fully saturated rings. The minimum atomic E-state index is 0.721. The van der Waals surface area contributed by atoms with E-state index in [9.17, 15) is 0 Å². The topological polar surface area (TPSA) is 38.9 Å². The van der Waals surface area contributed by atoms with Crippen molar-refractivity contribution in [3.63, 3.8) is 0 Å². The van der Waals surface area contributed by atoms with E-state index in [0.717, 1.165) is 25.3 Å². The van der Waals surface area contributed by atoms with Crippen molar-refractivity contribution in [3.05, 3.63) is 28.8 Å². The summed E-state index contributed by atoms with van der Waals surface area (Å²) in [6.07, 6.45) is 8.96. The lowest BCUT2D eigenvalue weighted by Crippen LogP contribution is -2.03. The van der Waals surface area contributed by atoms with E-state index in [2.05, 4.69) is 18.2 Å². The molecule has 2 N–H and O–H groups in total. The first-order valence-electron chi connectivity index (χ1n) is 7.46. The molecule has 0 amide bonds. The zero-order valence-electron chi connectivity index (χ0n) is 11.4. The van der Waals surface area contributed by atoms with Gasteiger partial charge in [-0.1, -0.05) is 25.3 Å². The van der Waals surface area contributed by atoms with Gasteiger partial charge < -0.3 is 5.73 Å². The predicted octanol–water partition coefficient (Wildman–Crippen LogP) is 4.24. The summed E-state index contributed by atoms with van der Waals surface area (Å²) in [6.45, 7) is 0.766. The Morgan fingerprint density at radius 1 is 1.21 bits per heavy atom. The predicted molar refractivity (Wildman–Crippen MR) is 82.8 cm³/mol. The van der Waals surface area contributed by atoms with E-state index >= 15 is 0 Å². The second-order valence-electron chi connectivity index (χ2n) is 5.58. The summed E-state index contributed by atoms with van der Waals surface area (Å²) >= 11 is 1.90. The number of fused-ring (bicyclic) bond motifs is 1. The normalized spacial score (nSPS) is 17.1. The first-order valence-corrected chi connectivity index (χ1v) is 8.28. The van der Waals surface area contributed by atoms with Crippen LogP contribution < -0.4 is 5.73 Å². The Kier molecular flexibility index (Phi) is 4.14. The van der Waals surface area contributed by atoms with Crippen molar-refractivity contribution in [3.8, 4) is 0 Å². The maximum absolute atomic E-state index is 5.58. The van der Waals surface area contributed by atoms with Crippen LogP contribution in [0.15, 0.2) is 18.2 Å². The van der Waals surface area contributed by atoms with E-state index in [1.807, 2.05) is 11.3 Å². The van der Waals surface area contributed by atoms with Crippen LogP contribution in [0.25, 0.3) is 10.2 Å². The average molecular weight is 274 g/mol. The van der Waals surface area contributed by atoms with Crippen molar-refractivity contribution in [2.75, 3.05) is 6.54 Å². The number of aromatic nitrogens is 1. The monoisotopic (exact) mass is 274 g/mol. The molecule has 0 radical (unpaired) electrons. The maximum Gasteiger partial charge on any atom is 0.0969 e. The molecule has 1 heterocycles. The fraction of sp³-hybridized carbons (Fsp3) is 0.562. The minimum absolute atomic E-state index is 0.721. The summed E-state index contributed by atoms with van der Waals surface area (Å²) in [5.74, 6) is 0.721. The summed E-state index contributed by atoms with van der Waals surface area (Å²) in [6, 6.07) is 6.74. The Morgan fingerprint density at radius 3 is 2.84 bits per heavy atom. The number of nitrogens with zero attached hydrogens (tertiary/aromatic N) is 1. The average Bonchev–Trinajstić information content (AvgIpc) is 2.89. The first kappa shape index (κ1) is 13.1. The van der Waals surface area contributed by atoms with Gasteiger partial charge in [-0.05, 0) is 49.9 Å². The van der Waals surface area contributed by atoms with Crippen molar-refractivity contribution in [2.45, 2.75) is 50.9 Å². The first-order chi connectivity index (χ1) is 9.36. The molecular weight excluding hydrogens is 252 g/mol. The van der Waals surface area contributed by atoms with Gasteiger partial charge >= 0.3 is 0 Å². The van der Waals surface area contributed by atoms with Crippen LogP contribution in [0, 0.1) is 0 Å². The molecule has 0 atom stereocenters. The van der Waals surface area contributed by atoms with Gasteiger partial charge in [0.05, 0.1) is 15.2 Å². The van der Waals surface area contributed by atoms with E-state index in [1.165, 1.54) is 52.9 Å². The zero-order valence-corrected chi connectivity index (χ0v) is 12.2. The van der Waals surface area contributed by atoms with Crippen molar-refractivity contribution in [2.24, 2.45) is 5.73 Å². The smallest absolute Gasteiger partial charge is 0.0969 e. The number of nitrogens with two attached hydrogens (primary N) is 1. The van der Waals surface area contributed by atoms with Gasteiger partial charge in [-0.2, -0.15) is 0 Å². The quantitative estimate of drug-likeness (QED) is 0.906. The van der Waals surface area contributed by atoms with Crippen molar-refractivity contribution in [1.29, 1.82) is 0 Å². The summed E-state index contributed by atoms with van der Waals surface area (Å²) in [5.41, 5.74) is 8.15. The van der Waals surface area contributed by atoms with Gasteiger partial charge in [-0.3, -0.25) is 0 Å². The maximum atomic E-state index is 5.58. The number of aryl methyl sites for hydroxylation is 1. The van der Waals surface area contributed by atoms with Gasteiger partial charge in [-0.15, -0.1) is 11.3 Å². The molecule has 0 aliphatic heterocycles. The molecule has 2 nitrogen and oxygen atoms in total. The standard InChI is InChI=1S/C16H22N2S/c17-10-4-5-12-8-9-15-14(11-12)18-16(19-15)13-6-2-1-3-7-13/h8-9,11,13H,1-7,10,17H2. The molecule has 0 spiro atoms. The summed E-state index contributed by atoms with van der Waals surface area (Å²) in [4.78, 5) is 4.89. The summed E-state index contributed by atoms with van der Waals surface area (Å²) in [5, 5.41) is 1.37. The number of thiazole rings is 1. The van der Waals surface area contributed by atoms with Crippen molar-refractivity contribution in [1.82, 2.24) is 4.98 Å². The van der Waals surface area contributed by atoms with Crippen LogP contribution in [0.4, 0.5) is 0 Å². The summed E-state index contributed by atoms with van der Waals surface area (Å²) < 4.78 is 1.34. The second kappa shape index (κ2) is 6.02. The highest BCUT2D eigenvalue weighted by Crippen LogP contribution is 2.36. The van der Waals surface area contributed by atoms with Crippen LogP contribution in [-0.2, 0) is 6.42 Å². The molecule has 0 bridgehead atoms. The lowest BCUT2D eigenvalue weighted by atomic mass is 9.90. The lowest BCUT2D eigenvalue weighted by Gasteiger charge is -2.18. The van der Waals surface area contributed by atoms with Crippen LogP contribution in [0.3, 0.4) is 0 Å². The van der Waals surface area contributed by atoms with E-state index in [0.29, 0.717) is 0 Å². The van der Waals surface area contributed by atoms with Gasteiger partial charge in [0.25, 0.3) is 0 Å². The molecule has 0 unspecified atom stereocenters. The van der Waals surface area contributed by atoms with Crippen LogP contribution in [-0.4, -0.2) is 11.5 Å².